The lowest BCUT2D eigenvalue weighted by atomic mass is 9.60. The molecule has 6 rings (SSSR count). The number of hydrogen-bond donors (Lipinski definition) is 1. The van der Waals surface area contributed by atoms with Crippen molar-refractivity contribution < 1.29 is 26.7 Å². The largest absolute Gasteiger partial charge is 0.416 e. The number of amides is 1. The van der Waals surface area contributed by atoms with Crippen molar-refractivity contribution in [3.63, 3.8) is 0 Å². The molecule has 1 saturated carbocycles. The number of anilines is 2. The van der Waals surface area contributed by atoms with Gasteiger partial charge in [0.15, 0.2) is 0 Å². The number of carbonyl (C=O) groups excluding carboxylic acids is 1. The maximum Gasteiger partial charge on any atom is 0.416 e. The van der Waals surface area contributed by atoms with Crippen LogP contribution < -0.4 is 10.2 Å². The van der Waals surface area contributed by atoms with Crippen LogP contribution in [0.25, 0.3) is 0 Å². The van der Waals surface area contributed by atoms with Crippen molar-refractivity contribution in [1.29, 1.82) is 0 Å². The zero-order valence-corrected chi connectivity index (χ0v) is 27.3. The number of alkyl halides is 5. The van der Waals surface area contributed by atoms with Crippen LogP contribution in [0.4, 0.5) is 33.6 Å². The van der Waals surface area contributed by atoms with E-state index in [0.717, 1.165) is 13.1 Å². The van der Waals surface area contributed by atoms with E-state index < -0.39 is 41.8 Å². The van der Waals surface area contributed by atoms with Gasteiger partial charge in [-0.1, -0.05) is 13.8 Å². The van der Waals surface area contributed by atoms with Crippen molar-refractivity contribution >= 4 is 17.5 Å². The highest BCUT2D eigenvalue weighted by molar-refractivity contribution is 6.10. The first-order valence-electron chi connectivity index (χ1n) is 16.0. The summed E-state index contributed by atoms with van der Waals surface area (Å²) in [7, 11) is 3.77. The van der Waals surface area contributed by atoms with E-state index in [0.29, 0.717) is 41.8 Å². The van der Waals surface area contributed by atoms with Gasteiger partial charge in [0.05, 0.1) is 12.1 Å². The van der Waals surface area contributed by atoms with Crippen molar-refractivity contribution in [2.75, 3.05) is 43.4 Å². The molecule has 1 amide bonds. The summed E-state index contributed by atoms with van der Waals surface area (Å²) in [4.78, 5) is 24.2. The van der Waals surface area contributed by atoms with Crippen molar-refractivity contribution in [2.45, 2.75) is 76.7 Å². The van der Waals surface area contributed by atoms with E-state index in [1.807, 2.05) is 14.0 Å². The number of fused-ring (bicyclic) bond motifs is 1. The van der Waals surface area contributed by atoms with Crippen LogP contribution >= 0.6 is 0 Å². The minimum atomic E-state index is -4.68. The number of pyridine rings is 1. The third kappa shape index (κ3) is 6.46. The van der Waals surface area contributed by atoms with Crippen LogP contribution in [0.5, 0.6) is 0 Å². The molecule has 1 N–H and O–H groups in total. The van der Waals surface area contributed by atoms with Crippen LogP contribution in [0.1, 0.15) is 72.0 Å². The second kappa shape index (κ2) is 12.1. The summed E-state index contributed by atoms with van der Waals surface area (Å²) < 4.78 is 74.5. The van der Waals surface area contributed by atoms with Crippen LogP contribution in [0, 0.1) is 5.92 Å². The van der Waals surface area contributed by atoms with Gasteiger partial charge in [0.1, 0.15) is 23.8 Å². The average molecular weight is 661 g/mol. The first kappa shape index (κ1) is 33.3. The summed E-state index contributed by atoms with van der Waals surface area (Å²) in [6.45, 7) is 8.78. The average Bonchev–Trinajstić information content (AvgIpc) is 3.53. The minimum Gasteiger partial charge on any atom is -0.370 e. The number of piperazine rings is 1. The number of halogens is 5. The van der Waals surface area contributed by atoms with Crippen molar-refractivity contribution in [1.82, 2.24) is 29.5 Å². The molecule has 3 aromatic rings. The Kier molecular flexibility index (Phi) is 8.56. The summed E-state index contributed by atoms with van der Waals surface area (Å²) in [5, 5.41) is 11.1. The third-order valence-corrected chi connectivity index (χ3v) is 9.85. The van der Waals surface area contributed by atoms with Crippen molar-refractivity contribution in [2.24, 2.45) is 13.0 Å². The third-order valence-electron chi connectivity index (χ3n) is 9.85. The Morgan fingerprint density at radius 2 is 1.83 bits per heavy atom. The van der Waals surface area contributed by atoms with Gasteiger partial charge in [0.2, 0.25) is 5.92 Å². The molecule has 1 aromatic carbocycles. The number of benzene rings is 1. The van der Waals surface area contributed by atoms with E-state index in [1.165, 1.54) is 17.3 Å². The second-order valence-corrected chi connectivity index (χ2v) is 13.8. The molecule has 3 aliphatic rings. The first-order chi connectivity index (χ1) is 22.1. The molecule has 14 heteroatoms. The first-order valence-corrected chi connectivity index (χ1v) is 16.0. The van der Waals surface area contributed by atoms with E-state index in [4.69, 9.17) is 0 Å². The number of nitrogens with one attached hydrogen (secondary N) is 1. The molecular weight excluding hydrogens is 619 g/mol. The van der Waals surface area contributed by atoms with E-state index in [1.54, 1.807) is 29.8 Å². The molecule has 2 aliphatic heterocycles. The molecule has 0 unspecified atom stereocenters. The number of aromatic nitrogens is 4. The smallest absolute Gasteiger partial charge is 0.370 e. The van der Waals surface area contributed by atoms with E-state index >= 15 is 0 Å². The fourth-order valence-corrected chi connectivity index (χ4v) is 7.42. The molecule has 9 nitrogen and oxygen atoms in total. The zero-order valence-electron chi connectivity index (χ0n) is 27.3. The SMILES string of the molecule is CCNc1cc(C2(Cc3nncn3C)CC(F)(F)C2)cc(N2Cc3c(cc(CN4CCN(C)C[C@@H]4C(C)C)cc3C(F)(F)F)C2=O)n1. The summed E-state index contributed by atoms with van der Waals surface area (Å²) >= 11 is 0. The Hall–Kier alpha value is -3.65. The maximum atomic E-state index is 14.6. The molecule has 2 fully saturated rings. The van der Waals surface area contributed by atoms with Crippen LogP contribution in [-0.4, -0.2) is 80.6 Å². The number of nitrogens with zero attached hydrogens (tertiary/aromatic N) is 7. The number of rotatable bonds is 9. The molecule has 2 aromatic heterocycles. The molecule has 0 bridgehead atoms. The van der Waals surface area contributed by atoms with E-state index in [-0.39, 0.29) is 42.5 Å². The lowest BCUT2D eigenvalue weighted by Gasteiger charge is -2.48. The van der Waals surface area contributed by atoms with E-state index in [9.17, 15) is 26.7 Å². The number of carbonyl (C=O) groups is 1. The van der Waals surface area contributed by atoms with Gasteiger partial charge in [-0.15, -0.1) is 10.2 Å². The Bertz CT molecular complexity index is 1650. The quantitative estimate of drug-likeness (QED) is 0.304. The predicted octanol–water partition coefficient (Wildman–Crippen LogP) is 5.50. The Morgan fingerprint density at radius 3 is 2.45 bits per heavy atom. The fourth-order valence-electron chi connectivity index (χ4n) is 7.42. The monoisotopic (exact) mass is 660 g/mol. The molecule has 1 aliphatic carbocycles. The molecule has 1 saturated heterocycles. The summed E-state index contributed by atoms with van der Waals surface area (Å²) in [5.74, 6) is -2.21. The molecular formula is C33H41F5N8O. The number of aryl methyl sites for hydroxylation is 1. The standard InChI is InChI=1S/C33H41F5N8O/c1-6-39-27-11-22(31(17-32(34,35)18-31)13-29-42-40-19-44(29)5)12-28(41-27)46-15-24-23(30(46)47)9-21(10-25(24)33(36,37)38)14-45-8-7-43(4)16-26(45)20(2)3/h9-12,19-20,26H,6-8,13-18H2,1-5H3,(H,39,41)/t26-/m1/s1. The fraction of sp³-hybridized carbons (Fsp3) is 0.576. The summed E-state index contributed by atoms with van der Waals surface area (Å²) in [6, 6.07) is 6.17. The zero-order chi connectivity index (χ0) is 33.9. The van der Waals surface area contributed by atoms with Crippen LogP contribution in [0.3, 0.4) is 0 Å². The molecule has 47 heavy (non-hydrogen) atoms. The lowest BCUT2D eigenvalue weighted by molar-refractivity contribution is -0.138. The van der Waals surface area contributed by atoms with Gasteiger partial charge in [-0.25, -0.2) is 13.8 Å². The maximum absolute atomic E-state index is 14.6. The highest BCUT2D eigenvalue weighted by Gasteiger charge is 2.58. The molecule has 4 heterocycles. The molecule has 254 valence electrons. The van der Waals surface area contributed by atoms with Gasteiger partial charge in [-0.3, -0.25) is 14.6 Å². The number of likely N-dealkylation sites (N-methyl/N-ethyl adjacent to an activating group) is 1. The topological polar surface area (TPSA) is 82.4 Å². The summed E-state index contributed by atoms with van der Waals surface area (Å²) in [5.41, 5.74) is -1.03. The van der Waals surface area contributed by atoms with Gasteiger partial charge >= 0.3 is 6.18 Å². The van der Waals surface area contributed by atoms with Crippen LogP contribution in [0.15, 0.2) is 30.6 Å². The Labute approximate surface area is 271 Å². The van der Waals surface area contributed by atoms with Crippen LogP contribution in [-0.2, 0) is 38.1 Å². The molecule has 0 spiro atoms. The highest BCUT2D eigenvalue weighted by atomic mass is 19.4. The van der Waals surface area contributed by atoms with Crippen molar-refractivity contribution in [3.05, 3.63) is 64.2 Å². The second-order valence-electron chi connectivity index (χ2n) is 13.8. The normalized spacial score (nSPS) is 21.3. The van der Waals surface area contributed by atoms with Crippen molar-refractivity contribution in [3.8, 4) is 0 Å². The van der Waals surface area contributed by atoms with Crippen LogP contribution in [0.2, 0.25) is 0 Å². The molecule has 0 radical (unpaired) electrons. The van der Waals surface area contributed by atoms with Gasteiger partial charge in [0.25, 0.3) is 5.91 Å². The van der Waals surface area contributed by atoms with Gasteiger partial charge in [0, 0.05) is 76.1 Å². The highest BCUT2D eigenvalue weighted by Crippen LogP contribution is 2.55. The number of hydrogen-bond acceptors (Lipinski definition) is 7. The van der Waals surface area contributed by atoms with Gasteiger partial charge < -0.3 is 14.8 Å². The minimum absolute atomic E-state index is 0.00812. The van der Waals surface area contributed by atoms with E-state index in [2.05, 4.69) is 44.1 Å². The molecule has 1 atom stereocenters. The summed E-state index contributed by atoms with van der Waals surface area (Å²) in [6.07, 6.45) is -3.89. The Morgan fingerprint density at radius 1 is 1.09 bits per heavy atom. The van der Waals surface area contributed by atoms with Gasteiger partial charge in [-0.2, -0.15) is 13.2 Å². The van der Waals surface area contributed by atoms with Gasteiger partial charge in [-0.05, 0) is 60.8 Å². The predicted molar refractivity (Wildman–Crippen MR) is 167 cm³/mol. The lowest BCUT2D eigenvalue weighted by Crippen LogP contribution is -2.53. The Balaban J connectivity index is 1.37.